The van der Waals surface area contributed by atoms with Crippen molar-refractivity contribution in [1.29, 1.82) is 0 Å². The number of para-hydroxylation sites is 1. The van der Waals surface area contributed by atoms with E-state index in [4.69, 9.17) is 9.47 Å². The Morgan fingerprint density at radius 1 is 1.33 bits per heavy atom. The molecule has 6 nitrogen and oxygen atoms in total. The van der Waals surface area contributed by atoms with Gasteiger partial charge in [-0.2, -0.15) is 0 Å². The van der Waals surface area contributed by atoms with E-state index >= 15 is 0 Å². The molecule has 2 amide bonds. The zero-order valence-corrected chi connectivity index (χ0v) is 16.5. The van der Waals surface area contributed by atoms with E-state index in [9.17, 15) is 14.0 Å². The quantitative estimate of drug-likeness (QED) is 0.822. The van der Waals surface area contributed by atoms with Crippen LogP contribution in [0.3, 0.4) is 0 Å². The topological polar surface area (TPSA) is 67.9 Å². The summed E-state index contributed by atoms with van der Waals surface area (Å²) in [5.74, 6) is -0.139. The first-order valence-electron chi connectivity index (χ1n) is 9.30. The lowest BCUT2D eigenvalue weighted by atomic mass is 10.0. The Hall–Kier alpha value is -2.31. The average Bonchev–Trinajstić information content (AvgIpc) is 3.05. The molecule has 1 heterocycles. The van der Waals surface area contributed by atoms with Crippen LogP contribution in [-0.2, 0) is 9.53 Å². The predicted octanol–water partition coefficient (Wildman–Crippen LogP) is 3.36. The molecular formula is C20H29FN2O4. The van der Waals surface area contributed by atoms with Gasteiger partial charge in [-0.05, 0) is 52.2 Å². The predicted molar refractivity (Wildman–Crippen MR) is 100 cm³/mol. The van der Waals surface area contributed by atoms with Crippen molar-refractivity contribution >= 4 is 12.0 Å². The van der Waals surface area contributed by atoms with Crippen molar-refractivity contribution in [3.05, 3.63) is 30.1 Å². The van der Waals surface area contributed by atoms with Crippen molar-refractivity contribution in [3.63, 3.8) is 0 Å². The van der Waals surface area contributed by atoms with Crippen LogP contribution in [0.25, 0.3) is 0 Å². The number of alkyl carbamates (subject to hydrolysis) is 1. The van der Waals surface area contributed by atoms with Crippen LogP contribution in [-0.4, -0.2) is 48.2 Å². The summed E-state index contributed by atoms with van der Waals surface area (Å²) in [7, 11) is 0. The van der Waals surface area contributed by atoms with Crippen LogP contribution < -0.4 is 10.1 Å². The van der Waals surface area contributed by atoms with E-state index in [0.717, 1.165) is 6.42 Å². The Balaban J connectivity index is 1.73. The molecule has 2 rings (SSSR count). The van der Waals surface area contributed by atoms with Crippen molar-refractivity contribution in [2.24, 2.45) is 5.92 Å². The minimum Gasteiger partial charge on any atom is -0.490 e. The molecule has 27 heavy (non-hydrogen) atoms. The molecule has 0 aliphatic carbocycles. The molecule has 150 valence electrons. The summed E-state index contributed by atoms with van der Waals surface area (Å²) in [6.45, 7) is 8.72. The summed E-state index contributed by atoms with van der Waals surface area (Å²) < 4.78 is 24.1. The number of likely N-dealkylation sites (tertiary alicyclic amines) is 1. The third kappa shape index (κ3) is 6.73. The van der Waals surface area contributed by atoms with Gasteiger partial charge < -0.3 is 19.7 Å². The van der Waals surface area contributed by atoms with Gasteiger partial charge in [0.1, 0.15) is 5.60 Å². The standard InChI is InChI=1S/C20H29FN2O4/c1-14(22-19(25)27-20(2,3)4)15-9-11-23(13-15)18(24)10-12-26-17-8-6-5-7-16(17)21/h5-8,14-15H,9-13H2,1-4H3,(H,22,25)/t14-,15+/m0/s1. The van der Waals surface area contributed by atoms with Gasteiger partial charge in [0.15, 0.2) is 11.6 Å². The number of rotatable bonds is 6. The molecule has 0 spiro atoms. The molecule has 0 unspecified atom stereocenters. The van der Waals surface area contributed by atoms with E-state index in [0.29, 0.717) is 13.1 Å². The zero-order chi connectivity index (χ0) is 20.0. The minimum atomic E-state index is -0.542. The van der Waals surface area contributed by atoms with Crippen molar-refractivity contribution in [2.45, 2.75) is 52.2 Å². The van der Waals surface area contributed by atoms with E-state index in [1.165, 1.54) is 12.1 Å². The van der Waals surface area contributed by atoms with Crippen LogP contribution in [0.15, 0.2) is 24.3 Å². The largest absolute Gasteiger partial charge is 0.490 e. The number of halogens is 1. The van der Waals surface area contributed by atoms with Gasteiger partial charge in [-0.3, -0.25) is 4.79 Å². The third-order valence-corrected chi connectivity index (χ3v) is 4.44. The number of benzene rings is 1. The molecule has 1 aromatic rings. The number of ether oxygens (including phenoxy) is 2. The molecule has 1 saturated heterocycles. The van der Waals surface area contributed by atoms with Gasteiger partial charge in [-0.15, -0.1) is 0 Å². The van der Waals surface area contributed by atoms with Gasteiger partial charge in [-0.25, -0.2) is 9.18 Å². The molecule has 1 aromatic carbocycles. The van der Waals surface area contributed by atoms with Crippen molar-refractivity contribution < 1.29 is 23.5 Å². The lowest BCUT2D eigenvalue weighted by Crippen LogP contribution is -2.42. The van der Waals surface area contributed by atoms with Gasteiger partial charge in [0.2, 0.25) is 5.91 Å². The summed E-state index contributed by atoms with van der Waals surface area (Å²) in [6.07, 6.45) is 0.560. The van der Waals surface area contributed by atoms with Gasteiger partial charge in [0.25, 0.3) is 0 Å². The first-order valence-corrected chi connectivity index (χ1v) is 9.30. The van der Waals surface area contributed by atoms with E-state index in [1.54, 1.807) is 17.0 Å². The summed E-state index contributed by atoms with van der Waals surface area (Å²) in [6, 6.07) is 6.04. The Morgan fingerprint density at radius 3 is 2.70 bits per heavy atom. The number of carbonyl (C=O) groups excluding carboxylic acids is 2. The number of hydrogen-bond donors (Lipinski definition) is 1. The highest BCUT2D eigenvalue weighted by Gasteiger charge is 2.31. The summed E-state index contributed by atoms with van der Waals surface area (Å²) in [5, 5.41) is 2.84. The maximum Gasteiger partial charge on any atom is 0.407 e. The van der Waals surface area contributed by atoms with Crippen LogP contribution in [0.1, 0.15) is 40.5 Å². The summed E-state index contributed by atoms with van der Waals surface area (Å²) in [5.41, 5.74) is -0.542. The highest BCUT2D eigenvalue weighted by atomic mass is 19.1. The summed E-state index contributed by atoms with van der Waals surface area (Å²) >= 11 is 0. The Morgan fingerprint density at radius 2 is 2.04 bits per heavy atom. The van der Waals surface area contributed by atoms with Crippen molar-refractivity contribution in [2.75, 3.05) is 19.7 Å². The van der Waals surface area contributed by atoms with Crippen LogP contribution in [0, 0.1) is 11.7 Å². The van der Waals surface area contributed by atoms with Gasteiger partial charge >= 0.3 is 6.09 Å². The second-order valence-corrected chi connectivity index (χ2v) is 7.85. The molecule has 1 fully saturated rings. The molecule has 1 N–H and O–H groups in total. The smallest absolute Gasteiger partial charge is 0.407 e. The second kappa shape index (κ2) is 9.06. The lowest BCUT2D eigenvalue weighted by molar-refractivity contribution is -0.130. The first-order chi connectivity index (χ1) is 12.7. The second-order valence-electron chi connectivity index (χ2n) is 7.85. The monoisotopic (exact) mass is 380 g/mol. The minimum absolute atomic E-state index is 0.0293. The van der Waals surface area contributed by atoms with Gasteiger partial charge in [-0.1, -0.05) is 12.1 Å². The molecule has 0 bridgehead atoms. The van der Waals surface area contributed by atoms with E-state index in [1.807, 2.05) is 27.7 Å². The van der Waals surface area contributed by atoms with E-state index < -0.39 is 17.5 Å². The average molecular weight is 380 g/mol. The lowest BCUT2D eigenvalue weighted by Gasteiger charge is -2.25. The number of hydrogen-bond acceptors (Lipinski definition) is 4. The highest BCUT2D eigenvalue weighted by Crippen LogP contribution is 2.21. The van der Waals surface area contributed by atoms with Crippen LogP contribution in [0.2, 0.25) is 0 Å². The molecule has 0 radical (unpaired) electrons. The van der Waals surface area contributed by atoms with Crippen LogP contribution >= 0.6 is 0 Å². The maximum absolute atomic E-state index is 13.5. The molecule has 2 atom stereocenters. The molecule has 0 saturated carbocycles. The van der Waals surface area contributed by atoms with Gasteiger partial charge in [0, 0.05) is 19.1 Å². The number of carbonyl (C=O) groups is 2. The molecule has 1 aliphatic rings. The fourth-order valence-corrected chi connectivity index (χ4v) is 3.00. The van der Waals surface area contributed by atoms with E-state index in [-0.39, 0.29) is 36.6 Å². The molecular weight excluding hydrogens is 351 g/mol. The maximum atomic E-state index is 13.5. The van der Waals surface area contributed by atoms with Crippen molar-refractivity contribution in [1.82, 2.24) is 10.2 Å². The number of amides is 2. The third-order valence-electron chi connectivity index (χ3n) is 4.44. The Bertz CT molecular complexity index is 660. The Kier molecular flexibility index (Phi) is 7.05. The van der Waals surface area contributed by atoms with E-state index in [2.05, 4.69) is 5.32 Å². The fraction of sp³-hybridized carbons (Fsp3) is 0.600. The van der Waals surface area contributed by atoms with Gasteiger partial charge in [0.05, 0.1) is 13.0 Å². The fourth-order valence-electron chi connectivity index (χ4n) is 3.00. The number of nitrogens with one attached hydrogen (secondary N) is 1. The summed E-state index contributed by atoms with van der Waals surface area (Å²) in [4.78, 5) is 26.0. The van der Waals surface area contributed by atoms with Crippen LogP contribution in [0.5, 0.6) is 5.75 Å². The molecule has 0 aromatic heterocycles. The van der Waals surface area contributed by atoms with Crippen molar-refractivity contribution in [3.8, 4) is 5.75 Å². The Labute approximate surface area is 160 Å². The highest BCUT2D eigenvalue weighted by molar-refractivity contribution is 5.76. The molecule has 7 heteroatoms. The SMILES string of the molecule is C[C@H](NC(=O)OC(C)(C)C)[C@@H]1CCN(C(=O)CCOc2ccccc2F)C1. The number of nitrogens with zero attached hydrogens (tertiary/aromatic N) is 1. The first kappa shape index (κ1) is 21.0. The normalized spacial score (nSPS) is 18.1. The zero-order valence-electron chi connectivity index (χ0n) is 16.5. The van der Waals surface area contributed by atoms with Crippen LogP contribution in [0.4, 0.5) is 9.18 Å². The molecule has 1 aliphatic heterocycles.